The Labute approximate surface area is 163 Å². The van der Waals surface area contributed by atoms with E-state index in [9.17, 15) is 0 Å². The van der Waals surface area contributed by atoms with Crippen molar-refractivity contribution in [2.75, 3.05) is 46.6 Å². The standard InChI is InChI=1S/C21H35N3O3/c1-3-22-21(24-15-19-6-4-7-20(14-19)16-25-2)23-10-5-11-27-17-18-8-12-26-13-9-18/h4,6-7,14,18H,3,5,8-13,15-17H2,1-2H3,(H2,22,23,24). The van der Waals surface area contributed by atoms with E-state index >= 15 is 0 Å². The van der Waals surface area contributed by atoms with Gasteiger partial charge in [-0.05, 0) is 43.2 Å². The molecule has 1 aromatic carbocycles. The van der Waals surface area contributed by atoms with Crippen molar-refractivity contribution in [1.82, 2.24) is 10.6 Å². The number of ether oxygens (including phenoxy) is 3. The fourth-order valence-corrected chi connectivity index (χ4v) is 3.04. The van der Waals surface area contributed by atoms with E-state index in [1.54, 1.807) is 7.11 Å². The van der Waals surface area contributed by atoms with Gasteiger partial charge in [-0.25, -0.2) is 4.99 Å². The first-order valence-electron chi connectivity index (χ1n) is 10.1. The molecule has 2 N–H and O–H groups in total. The highest BCUT2D eigenvalue weighted by atomic mass is 16.5. The van der Waals surface area contributed by atoms with Gasteiger partial charge in [-0.3, -0.25) is 0 Å². The number of nitrogens with one attached hydrogen (secondary N) is 2. The summed E-state index contributed by atoms with van der Waals surface area (Å²) in [5, 5.41) is 6.68. The number of rotatable bonds is 11. The lowest BCUT2D eigenvalue weighted by atomic mass is 10.0. The van der Waals surface area contributed by atoms with E-state index in [1.165, 1.54) is 11.1 Å². The molecule has 1 heterocycles. The Hall–Kier alpha value is -1.63. The molecule has 1 aliphatic rings. The zero-order valence-corrected chi connectivity index (χ0v) is 16.8. The molecule has 6 heteroatoms. The molecule has 0 unspecified atom stereocenters. The zero-order chi connectivity index (χ0) is 19.2. The van der Waals surface area contributed by atoms with Crippen molar-refractivity contribution in [3.05, 3.63) is 35.4 Å². The van der Waals surface area contributed by atoms with Crippen molar-refractivity contribution in [3.8, 4) is 0 Å². The third-order valence-electron chi connectivity index (χ3n) is 4.52. The highest BCUT2D eigenvalue weighted by molar-refractivity contribution is 5.79. The molecule has 27 heavy (non-hydrogen) atoms. The number of benzene rings is 1. The van der Waals surface area contributed by atoms with E-state index in [2.05, 4.69) is 46.8 Å². The molecule has 1 fully saturated rings. The van der Waals surface area contributed by atoms with Crippen molar-refractivity contribution < 1.29 is 14.2 Å². The van der Waals surface area contributed by atoms with Crippen LogP contribution in [0.5, 0.6) is 0 Å². The lowest BCUT2D eigenvalue weighted by Crippen LogP contribution is -2.38. The molecule has 1 aromatic rings. The Bertz CT molecular complexity index is 545. The van der Waals surface area contributed by atoms with E-state index in [-0.39, 0.29) is 0 Å². The van der Waals surface area contributed by atoms with Crippen LogP contribution in [0.1, 0.15) is 37.3 Å². The van der Waals surface area contributed by atoms with Gasteiger partial charge < -0.3 is 24.8 Å². The Morgan fingerprint density at radius 2 is 2.04 bits per heavy atom. The molecule has 0 atom stereocenters. The average molecular weight is 378 g/mol. The van der Waals surface area contributed by atoms with Crippen LogP contribution >= 0.6 is 0 Å². The predicted molar refractivity (Wildman–Crippen MR) is 109 cm³/mol. The molecule has 0 radical (unpaired) electrons. The molecule has 6 nitrogen and oxygen atoms in total. The van der Waals surface area contributed by atoms with E-state index < -0.39 is 0 Å². The van der Waals surface area contributed by atoms with Crippen LogP contribution in [0.15, 0.2) is 29.3 Å². The van der Waals surface area contributed by atoms with Crippen LogP contribution in [0.2, 0.25) is 0 Å². The van der Waals surface area contributed by atoms with Crippen LogP contribution in [-0.4, -0.2) is 52.6 Å². The fourth-order valence-electron chi connectivity index (χ4n) is 3.04. The van der Waals surface area contributed by atoms with Gasteiger partial charge in [0, 0.05) is 46.6 Å². The highest BCUT2D eigenvalue weighted by Crippen LogP contribution is 2.14. The fraction of sp³-hybridized carbons (Fsp3) is 0.667. The Morgan fingerprint density at radius 1 is 1.22 bits per heavy atom. The Balaban J connectivity index is 1.66. The maximum Gasteiger partial charge on any atom is 0.191 e. The SMILES string of the molecule is CCNC(=NCc1cccc(COC)c1)NCCCOCC1CCOCC1. The summed E-state index contributed by atoms with van der Waals surface area (Å²) in [6.45, 7) is 8.44. The molecule has 0 aliphatic carbocycles. The van der Waals surface area contributed by atoms with Gasteiger partial charge in [0.05, 0.1) is 13.2 Å². The lowest BCUT2D eigenvalue weighted by molar-refractivity contribution is 0.0203. The van der Waals surface area contributed by atoms with E-state index in [0.717, 1.165) is 64.7 Å². The van der Waals surface area contributed by atoms with Crippen LogP contribution in [0, 0.1) is 5.92 Å². The summed E-state index contributed by atoms with van der Waals surface area (Å²) in [5.41, 5.74) is 2.35. The lowest BCUT2D eigenvalue weighted by Gasteiger charge is -2.21. The van der Waals surface area contributed by atoms with Gasteiger partial charge in [0.1, 0.15) is 0 Å². The van der Waals surface area contributed by atoms with Crippen molar-refractivity contribution in [2.24, 2.45) is 10.9 Å². The Morgan fingerprint density at radius 3 is 2.81 bits per heavy atom. The molecular formula is C21H35N3O3. The van der Waals surface area contributed by atoms with Crippen molar-refractivity contribution in [3.63, 3.8) is 0 Å². The van der Waals surface area contributed by atoms with E-state index in [4.69, 9.17) is 14.2 Å². The van der Waals surface area contributed by atoms with Crippen LogP contribution in [0.3, 0.4) is 0 Å². The summed E-state index contributed by atoms with van der Waals surface area (Å²) in [6, 6.07) is 8.35. The number of methoxy groups -OCH3 is 1. The normalized spacial score (nSPS) is 15.7. The van der Waals surface area contributed by atoms with Crippen molar-refractivity contribution in [1.29, 1.82) is 0 Å². The molecule has 2 rings (SSSR count). The minimum atomic E-state index is 0.629. The van der Waals surface area contributed by atoms with Crippen LogP contribution in [-0.2, 0) is 27.4 Å². The van der Waals surface area contributed by atoms with Gasteiger partial charge in [0.2, 0.25) is 0 Å². The number of nitrogens with zero attached hydrogens (tertiary/aromatic N) is 1. The summed E-state index contributed by atoms with van der Waals surface area (Å²) >= 11 is 0. The van der Waals surface area contributed by atoms with E-state index in [1.807, 2.05) is 0 Å². The maximum absolute atomic E-state index is 5.81. The molecule has 0 saturated carbocycles. The second-order valence-corrected chi connectivity index (χ2v) is 6.86. The van der Waals surface area contributed by atoms with Gasteiger partial charge in [0.15, 0.2) is 5.96 Å². The van der Waals surface area contributed by atoms with Crippen molar-refractivity contribution in [2.45, 2.75) is 39.3 Å². The van der Waals surface area contributed by atoms with Crippen LogP contribution in [0.4, 0.5) is 0 Å². The van der Waals surface area contributed by atoms with Gasteiger partial charge in [0.25, 0.3) is 0 Å². The number of hydrogen-bond acceptors (Lipinski definition) is 4. The average Bonchev–Trinajstić information content (AvgIpc) is 2.70. The van der Waals surface area contributed by atoms with Gasteiger partial charge in [-0.1, -0.05) is 24.3 Å². The second-order valence-electron chi connectivity index (χ2n) is 6.86. The summed E-state index contributed by atoms with van der Waals surface area (Å²) in [5.74, 6) is 1.51. The number of hydrogen-bond donors (Lipinski definition) is 2. The topological polar surface area (TPSA) is 64.1 Å². The molecule has 152 valence electrons. The molecule has 0 aromatic heterocycles. The monoisotopic (exact) mass is 377 g/mol. The smallest absolute Gasteiger partial charge is 0.191 e. The largest absolute Gasteiger partial charge is 0.381 e. The quantitative estimate of drug-likeness (QED) is 0.353. The third-order valence-corrected chi connectivity index (χ3v) is 4.52. The van der Waals surface area contributed by atoms with Crippen LogP contribution < -0.4 is 10.6 Å². The highest BCUT2D eigenvalue weighted by Gasteiger charge is 2.13. The maximum atomic E-state index is 5.81. The zero-order valence-electron chi connectivity index (χ0n) is 16.8. The Kier molecular flexibility index (Phi) is 10.9. The number of aliphatic imine (C=N–C) groups is 1. The van der Waals surface area contributed by atoms with Gasteiger partial charge in [-0.2, -0.15) is 0 Å². The predicted octanol–water partition coefficient (Wildman–Crippen LogP) is 2.72. The molecule has 1 aliphatic heterocycles. The third kappa shape index (κ3) is 9.22. The van der Waals surface area contributed by atoms with Crippen molar-refractivity contribution >= 4 is 5.96 Å². The molecule has 0 amide bonds. The summed E-state index contributed by atoms with van der Waals surface area (Å²) in [4.78, 5) is 4.68. The van der Waals surface area contributed by atoms with Gasteiger partial charge in [-0.15, -0.1) is 0 Å². The second kappa shape index (κ2) is 13.5. The molecule has 1 saturated heterocycles. The summed E-state index contributed by atoms with van der Waals surface area (Å²) in [6.07, 6.45) is 3.22. The number of guanidine groups is 1. The van der Waals surface area contributed by atoms with Crippen LogP contribution in [0.25, 0.3) is 0 Å². The molecule has 0 bridgehead atoms. The van der Waals surface area contributed by atoms with E-state index in [0.29, 0.717) is 19.1 Å². The van der Waals surface area contributed by atoms with Gasteiger partial charge >= 0.3 is 0 Å². The first kappa shape index (κ1) is 21.7. The summed E-state index contributed by atoms with van der Waals surface area (Å²) in [7, 11) is 1.71. The molecular weight excluding hydrogens is 342 g/mol. The summed E-state index contributed by atoms with van der Waals surface area (Å²) < 4.78 is 16.4. The first-order valence-corrected chi connectivity index (χ1v) is 10.1. The minimum Gasteiger partial charge on any atom is -0.381 e. The first-order chi connectivity index (χ1) is 13.3. The molecule has 0 spiro atoms. The minimum absolute atomic E-state index is 0.629.